The molecule has 1 aliphatic rings. The van der Waals surface area contributed by atoms with Crippen LogP contribution in [0.1, 0.15) is 51.6 Å². The molecule has 0 aromatic heterocycles. The third-order valence-corrected chi connectivity index (χ3v) is 4.53. The van der Waals surface area contributed by atoms with Gasteiger partial charge in [-0.3, -0.25) is 11.1 Å². The predicted octanol–water partition coefficient (Wildman–Crippen LogP) is 3.33. The number of carbonyl (C=O) groups excluding carboxylic acids is 3. The summed E-state index contributed by atoms with van der Waals surface area (Å²) in [6.07, 6.45) is 1.75. The Labute approximate surface area is 187 Å². The molecule has 0 N–H and O–H groups in total. The van der Waals surface area contributed by atoms with Crippen LogP contribution in [0.4, 0.5) is 4.79 Å². The van der Waals surface area contributed by atoms with Crippen molar-refractivity contribution in [1.82, 2.24) is 9.80 Å². The normalized spacial score (nSPS) is 19.6. The molecule has 2 amide bonds. The summed E-state index contributed by atoms with van der Waals surface area (Å²) in [7, 11) is 3.35. The number of amides is 2. The van der Waals surface area contributed by atoms with Crippen LogP contribution in [-0.4, -0.2) is 54.3 Å². The number of carbonyl (C=O) groups is 2. The standard InChI is InChI=1S/C18H23N2O4.C2H6.Y/c1-13(9-10-21)19(2)17(22)12-15-11-16(20(3)18(23)24-15)14-7-5-4-6-8-14;1-2;/h4-8,13,15-16H,9,11-12H2,1-3H3;1-2H3;/q-1;;. The summed E-state index contributed by atoms with van der Waals surface area (Å²) in [4.78, 5) is 38.0. The van der Waals surface area contributed by atoms with Crippen LogP contribution in [0.2, 0.25) is 0 Å². The summed E-state index contributed by atoms with van der Waals surface area (Å²) in [6.45, 7) is 5.79. The number of hydrogen-bond donors (Lipinski definition) is 0. The average Bonchev–Trinajstić information content (AvgIpc) is 2.66. The molecular formula is C20H29N2O4Y-. The molecular weight excluding hydrogens is 421 g/mol. The molecule has 1 heterocycles. The molecule has 7 heteroatoms. The van der Waals surface area contributed by atoms with Crippen LogP contribution < -0.4 is 0 Å². The van der Waals surface area contributed by atoms with Gasteiger partial charge in [-0.1, -0.05) is 44.2 Å². The Hall–Kier alpha value is -1.27. The third-order valence-electron chi connectivity index (χ3n) is 4.53. The van der Waals surface area contributed by atoms with Gasteiger partial charge in [0.2, 0.25) is 5.91 Å². The van der Waals surface area contributed by atoms with Gasteiger partial charge in [0.05, 0.1) is 12.5 Å². The molecule has 1 radical (unpaired) electrons. The van der Waals surface area contributed by atoms with E-state index in [0.717, 1.165) is 5.56 Å². The van der Waals surface area contributed by atoms with Gasteiger partial charge in [-0.05, 0) is 12.5 Å². The first-order valence-corrected chi connectivity index (χ1v) is 9.03. The molecule has 1 aromatic carbocycles. The first-order valence-electron chi connectivity index (χ1n) is 9.03. The molecule has 0 bridgehead atoms. The van der Waals surface area contributed by atoms with Gasteiger partial charge < -0.3 is 19.3 Å². The molecule has 147 valence electrons. The molecule has 1 aliphatic heterocycles. The zero-order chi connectivity index (χ0) is 19.7. The summed E-state index contributed by atoms with van der Waals surface area (Å²) in [5.41, 5.74) is 1.02. The SMILES string of the molecule is CC.CC(C[C-]=O)N(C)C(=O)CC1CC(c2ccccc2)N(C)C(=O)O1.[Y]. The van der Waals surface area contributed by atoms with Gasteiger partial charge in [0.1, 0.15) is 6.10 Å². The van der Waals surface area contributed by atoms with E-state index in [4.69, 9.17) is 4.74 Å². The minimum Gasteiger partial charge on any atom is -0.542 e. The van der Waals surface area contributed by atoms with Crippen molar-refractivity contribution < 1.29 is 51.8 Å². The molecule has 1 aromatic rings. The Morgan fingerprint density at radius 3 is 2.48 bits per heavy atom. The van der Waals surface area contributed by atoms with E-state index in [2.05, 4.69) is 0 Å². The molecule has 1 saturated heterocycles. The van der Waals surface area contributed by atoms with Gasteiger partial charge in [0.25, 0.3) is 0 Å². The summed E-state index contributed by atoms with van der Waals surface area (Å²) >= 11 is 0. The minimum atomic E-state index is -0.471. The molecule has 1 fully saturated rings. The van der Waals surface area contributed by atoms with Crippen molar-refractivity contribution in [1.29, 1.82) is 0 Å². The van der Waals surface area contributed by atoms with Gasteiger partial charge in [-0.15, -0.1) is 6.42 Å². The van der Waals surface area contributed by atoms with Crippen LogP contribution in [0.25, 0.3) is 0 Å². The quantitative estimate of drug-likeness (QED) is 0.624. The Morgan fingerprint density at radius 1 is 1.33 bits per heavy atom. The van der Waals surface area contributed by atoms with E-state index < -0.39 is 12.2 Å². The minimum absolute atomic E-state index is 0. The van der Waals surface area contributed by atoms with Gasteiger partial charge in [-0.25, -0.2) is 4.79 Å². The Bertz CT molecular complexity index is 597. The maximum absolute atomic E-state index is 12.4. The van der Waals surface area contributed by atoms with Crippen molar-refractivity contribution in [2.75, 3.05) is 14.1 Å². The predicted molar refractivity (Wildman–Crippen MR) is 100 cm³/mol. The van der Waals surface area contributed by atoms with Crippen LogP contribution in [0.5, 0.6) is 0 Å². The number of hydrogen-bond acceptors (Lipinski definition) is 4. The van der Waals surface area contributed by atoms with Gasteiger partial charge in [-0.2, -0.15) is 0 Å². The van der Waals surface area contributed by atoms with Gasteiger partial charge >= 0.3 is 6.09 Å². The summed E-state index contributed by atoms with van der Waals surface area (Å²) in [5.74, 6) is -0.146. The van der Waals surface area contributed by atoms with Crippen molar-refractivity contribution >= 4 is 18.3 Å². The molecule has 6 nitrogen and oxygen atoms in total. The zero-order valence-electron chi connectivity index (χ0n) is 16.8. The smallest absolute Gasteiger partial charge is 0.410 e. The first kappa shape index (κ1) is 25.7. The van der Waals surface area contributed by atoms with E-state index >= 15 is 0 Å². The van der Waals surface area contributed by atoms with Crippen LogP contribution in [0, 0.1) is 0 Å². The van der Waals surface area contributed by atoms with Gasteiger partial charge in [0, 0.05) is 59.3 Å². The number of ether oxygens (including phenoxy) is 1. The fourth-order valence-electron chi connectivity index (χ4n) is 2.81. The van der Waals surface area contributed by atoms with Crippen molar-refractivity contribution in [2.24, 2.45) is 0 Å². The Balaban J connectivity index is 0.00000218. The van der Waals surface area contributed by atoms with E-state index in [1.54, 1.807) is 25.9 Å². The second kappa shape index (κ2) is 13.0. The first-order chi connectivity index (χ1) is 12.4. The largest absolute Gasteiger partial charge is 0.542 e. The summed E-state index contributed by atoms with van der Waals surface area (Å²) < 4.78 is 5.37. The molecule has 2 rings (SSSR count). The van der Waals surface area contributed by atoms with Crippen molar-refractivity contribution in [2.45, 2.75) is 58.2 Å². The average molecular weight is 450 g/mol. The molecule has 3 atom stereocenters. The van der Waals surface area contributed by atoms with Crippen LogP contribution in [-0.2, 0) is 47.0 Å². The van der Waals surface area contributed by atoms with Crippen LogP contribution in [0.15, 0.2) is 30.3 Å². The number of cyclic esters (lactones) is 1. The zero-order valence-corrected chi connectivity index (χ0v) is 19.7. The fourth-order valence-corrected chi connectivity index (χ4v) is 2.81. The third kappa shape index (κ3) is 7.34. The van der Waals surface area contributed by atoms with E-state index in [0.29, 0.717) is 6.42 Å². The molecule has 3 unspecified atom stereocenters. The monoisotopic (exact) mass is 450 g/mol. The fraction of sp³-hybridized carbons (Fsp3) is 0.550. The van der Waals surface area contributed by atoms with Crippen LogP contribution in [0.3, 0.4) is 0 Å². The van der Waals surface area contributed by atoms with E-state index in [1.807, 2.05) is 50.5 Å². The second-order valence-corrected chi connectivity index (χ2v) is 6.19. The van der Waals surface area contributed by atoms with Gasteiger partial charge in [0.15, 0.2) is 0 Å². The van der Waals surface area contributed by atoms with Crippen LogP contribution >= 0.6 is 0 Å². The number of nitrogens with zero attached hydrogens (tertiary/aromatic N) is 2. The van der Waals surface area contributed by atoms with E-state index in [1.165, 1.54) is 4.90 Å². The van der Waals surface area contributed by atoms with Crippen molar-refractivity contribution in [3.8, 4) is 0 Å². The molecule has 0 saturated carbocycles. The molecule has 27 heavy (non-hydrogen) atoms. The maximum atomic E-state index is 12.4. The second-order valence-electron chi connectivity index (χ2n) is 6.19. The number of benzene rings is 1. The van der Waals surface area contributed by atoms with E-state index in [-0.39, 0.29) is 63.5 Å². The Morgan fingerprint density at radius 2 is 1.93 bits per heavy atom. The summed E-state index contributed by atoms with van der Waals surface area (Å²) in [6, 6.07) is 9.37. The van der Waals surface area contributed by atoms with Crippen molar-refractivity contribution in [3.63, 3.8) is 0 Å². The maximum Gasteiger partial charge on any atom is 0.410 e. The number of rotatable bonds is 6. The Kier molecular flexibility index (Phi) is 12.4. The van der Waals surface area contributed by atoms with Crippen molar-refractivity contribution in [3.05, 3.63) is 35.9 Å². The topological polar surface area (TPSA) is 66.9 Å². The molecule has 0 aliphatic carbocycles. The summed E-state index contributed by atoms with van der Waals surface area (Å²) in [5, 5.41) is 0. The van der Waals surface area contributed by atoms with E-state index in [9.17, 15) is 14.4 Å². The molecule has 0 spiro atoms.